The molecule has 2 aliphatic rings. The molecule has 44 heavy (non-hydrogen) atoms. The number of aryl methyl sites for hydroxylation is 1. The van der Waals surface area contributed by atoms with E-state index in [0.29, 0.717) is 5.56 Å². The van der Waals surface area contributed by atoms with Crippen molar-refractivity contribution in [1.29, 1.82) is 0 Å². The zero-order valence-electron chi connectivity index (χ0n) is 23.3. The van der Waals surface area contributed by atoms with Crippen LogP contribution in [0.1, 0.15) is 29.3 Å². The molecule has 4 rings (SSSR count). The number of aromatic hydroxyl groups is 3. The van der Waals surface area contributed by atoms with E-state index in [1.807, 2.05) is 0 Å². The Hall–Kier alpha value is -2.25. The molecule has 0 amide bonds. The average molecular weight is 637 g/mol. The molecule has 240 valence electrons. The standard InChI is InChI=1S/C28H36O15.Na.H/c1-11-21(34)23(36)26(28(40-11)43-25-24(37)22(35)19(10-29)42-27(25)38)41-13-8-16(32)20(17(33)9-13)14(30)5-3-12-4-6-18(39-2)15(31)7-12;;/h4,6-9,11,19,21-29,31-38H,3,5,10H2,1-2H3;;/t11-,19+,21-,22+,23+,24-,25+,26+,27+,28-;;/m0../s1. The predicted molar refractivity (Wildman–Crippen MR) is 150 cm³/mol. The van der Waals surface area contributed by atoms with Gasteiger partial charge in [-0.25, -0.2) is 0 Å². The van der Waals surface area contributed by atoms with Gasteiger partial charge in [0.1, 0.15) is 59.4 Å². The minimum absolute atomic E-state index is 0. The average Bonchev–Trinajstić information content (AvgIpc) is 2.96. The second kappa shape index (κ2) is 15.4. The third-order valence-electron chi connectivity index (χ3n) is 7.42. The first-order valence-electron chi connectivity index (χ1n) is 13.5. The van der Waals surface area contributed by atoms with Crippen molar-refractivity contribution in [2.24, 2.45) is 0 Å². The summed E-state index contributed by atoms with van der Waals surface area (Å²) in [6.07, 6.45) is -15.5. The zero-order valence-corrected chi connectivity index (χ0v) is 23.3. The van der Waals surface area contributed by atoms with E-state index in [0.717, 1.165) is 12.1 Å². The predicted octanol–water partition coefficient (Wildman–Crippen LogP) is -1.99. The summed E-state index contributed by atoms with van der Waals surface area (Å²) in [6, 6.07) is 6.59. The molecule has 16 heteroatoms. The van der Waals surface area contributed by atoms with Crippen LogP contribution >= 0.6 is 0 Å². The first-order valence-corrected chi connectivity index (χ1v) is 13.5. The molecule has 2 fully saturated rings. The fourth-order valence-electron chi connectivity index (χ4n) is 4.98. The molecule has 0 bridgehead atoms. The van der Waals surface area contributed by atoms with Crippen LogP contribution < -0.4 is 9.47 Å². The fourth-order valence-corrected chi connectivity index (χ4v) is 4.98. The normalized spacial score (nSPS) is 32.0. The van der Waals surface area contributed by atoms with E-state index in [2.05, 4.69) is 0 Å². The number of methoxy groups -OCH3 is 1. The first-order chi connectivity index (χ1) is 20.4. The van der Waals surface area contributed by atoms with Gasteiger partial charge in [0, 0.05) is 18.6 Å². The van der Waals surface area contributed by atoms with E-state index in [4.69, 9.17) is 23.7 Å². The number of ketones is 1. The van der Waals surface area contributed by atoms with Gasteiger partial charge in [0.15, 0.2) is 36.0 Å². The van der Waals surface area contributed by atoms with E-state index in [1.54, 1.807) is 6.07 Å². The van der Waals surface area contributed by atoms with Gasteiger partial charge in [0.05, 0.1) is 19.8 Å². The van der Waals surface area contributed by atoms with Gasteiger partial charge in [-0.2, -0.15) is 0 Å². The molecule has 0 radical (unpaired) electrons. The van der Waals surface area contributed by atoms with Gasteiger partial charge in [0.2, 0.25) is 0 Å². The van der Waals surface area contributed by atoms with Crippen LogP contribution in [0.5, 0.6) is 28.7 Å². The number of aliphatic hydroxyl groups is 6. The van der Waals surface area contributed by atoms with Crippen LogP contribution in [0.2, 0.25) is 0 Å². The van der Waals surface area contributed by atoms with Gasteiger partial charge in [-0.3, -0.25) is 4.79 Å². The maximum atomic E-state index is 12.9. The number of benzene rings is 2. The van der Waals surface area contributed by atoms with Gasteiger partial charge >= 0.3 is 29.6 Å². The summed E-state index contributed by atoms with van der Waals surface area (Å²) in [5, 5.41) is 92.5. The van der Waals surface area contributed by atoms with Crippen molar-refractivity contribution in [3.05, 3.63) is 41.5 Å². The van der Waals surface area contributed by atoms with E-state index in [1.165, 1.54) is 26.2 Å². The number of hydrogen-bond donors (Lipinski definition) is 9. The Morgan fingerprint density at radius 2 is 1.50 bits per heavy atom. The van der Waals surface area contributed by atoms with Crippen LogP contribution in [-0.4, -0.2) is 156 Å². The molecule has 2 saturated heterocycles. The molecule has 2 aromatic carbocycles. The number of phenolic OH excluding ortho intramolecular Hbond substituents is 3. The first kappa shape index (κ1) is 36.2. The van der Waals surface area contributed by atoms with Crippen molar-refractivity contribution in [3.8, 4) is 28.7 Å². The molecule has 0 aromatic heterocycles. The maximum absolute atomic E-state index is 12.9. The van der Waals surface area contributed by atoms with Crippen molar-refractivity contribution < 1.29 is 74.4 Å². The zero-order chi connectivity index (χ0) is 31.6. The molecule has 0 spiro atoms. The Balaban J connectivity index is 0.00000529. The second-order valence-electron chi connectivity index (χ2n) is 10.4. The molecular weight excluding hydrogens is 599 g/mol. The Morgan fingerprint density at radius 3 is 2.09 bits per heavy atom. The van der Waals surface area contributed by atoms with Crippen LogP contribution in [0.15, 0.2) is 30.3 Å². The van der Waals surface area contributed by atoms with E-state index >= 15 is 0 Å². The van der Waals surface area contributed by atoms with Crippen LogP contribution in [0.25, 0.3) is 0 Å². The number of carbonyl (C=O) groups excluding carboxylic acids is 1. The Morgan fingerprint density at radius 1 is 0.864 bits per heavy atom. The van der Waals surface area contributed by atoms with Crippen molar-refractivity contribution >= 4 is 35.3 Å². The number of hydrogen-bond acceptors (Lipinski definition) is 15. The summed E-state index contributed by atoms with van der Waals surface area (Å²) in [5.41, 5.74) is 0.207. The molecule has 2 aromatic rings. The molecule has 0 saturated carbocycles. The molecule has 9 N–H and O–H groups in total. The van der Waals surface area contributed by atoms with Gasteiger partial charge < -0.3 is 69.6 Å². The Bertz CT molecular complexity index is 1250. The van der Waals surface area contributed by atoms with E-state index < -0.39 is 90.9 Å². The van der Waals surface area contributed by atoms with Gasteiger partial charge in [-0.05, 0) is 31.0 Å². The fraction of sp³-hybridized carbons (Fsp3) is 0.536. The summed E-state index contributed by atoms with van der Waals surface area (Å²) in [4.78, 5) is 12.9. The summed E-state index contributed by atoms with van der Waals surface area (Å²) in [7, 11) is 1.40. The van der Waals surface area contributed by atoms with Crippen LogP contribution in [0, 0.1) is 0 Å². The molecular formula is C28H37NaO15. The van der Waals surface area contributed by atoms with Crippen molar-refractivity contribution in [3.63, 3.8) is 0 Å². The number of carbonyl (C=O) groups is 1. The third kappa shape index (κ3) is 7.75. The minimum atomic E-state index is -1.83. The van der Waals surface area contributed by atoms with E-state index in [9.17, 15) is 50.8 Å². The number of ether oxygens (including phenoxy) is 5. The number of rotatable bonds is 10. The third-order valence-corrected chi connectivity index (χ3v) is 7.42. The summed E-state index contributed by atoms with van der Waals surface area (Å²) < 4.78 is 27.0. The Labute approximate surface area is 274 Å². The van der Waals surface area contributed by atoms with Gasteiger partial charge in [-0.1, -0.05) is 6.07 Å². The molecule has 2 heterocycles. The summed E-state index contributed by atoms with van der Waals surface area (Å²) in [5.74, 6) is -2.04. The Kier molecular flexibility index (Phi) is 12.6. The number of phenols is 3. The van der Waals surface area contributed by atoms with Crippen LogP contribution in [0.3, 0.4) is 0 Å². The molecule has 0 unspecified atom stereocenters. The van der Waals surface area contributed by atoms with Crippen LogP contribution in [-0.2, 0) is 20.6 Å². The summed E-state index contributed by atoms with van der Waals surface area (Å²) >= 11 is 0. The topological polar surface area (TPSA) is 245 Å². The monoisotopic (exact) mass is 636 g/mol. The SMILES string of the molecule is COc1ccc(CCC(=O)c2c(O)cc(O[C@H]3[C@H](O[C@@H]4[C@@H](O)[C@H](O)[C@@H](CO)O[C@H]4O)O[C@@H](C)[C@H](O)[C@H]3O)cc2O)cc1O.[NaH]. The molecule has 2 aliphatic heterocycles. The van der Waals surface area contributed by atoms with Crippen LogP contribution in [0.4, 0.5) is 0 Å². The molecule has 10 atom stereocenters. The molecule has 15 nitrogen and oxygen atoms in total. The number of aliphatic hydroxyl groups excluding tert-OH is 6. The second-order valence-corrected chi connectivity index (χ2v) is 10.4. The van der Waals surface area contributed by atoms with Crippen molar-refractivity contribution in [2.45, 2.75) is 81.2 Å². The van der Waals surface area contributed by atoms with Crippen molar-refractivity contribution in [2.75, 3.05) is 13.7 Å². The molecule has 0 aliphatic carbocycles. The van der Waals surface area contributed by atoms with Gasteiger partial charge in [-0.15, -0.1) is 0 Å². The summed E-state index contributed by atoms with van der Waals surface area (Å²) in [6.45, 7) is 0.707. The quantitative estimate of drug-likeness (QED) is 0.101. The van der Waals surface area contributed by atoms with Crippen molar-refractivity contribution in [1.82, 2.24) is 0 Å². The number of Topliss-reactive ketones (excluding diaryl/α,β-unsaturated/α-hetero) is 1. The van der Waals surface area contributed by atoms with Gasteiger partial charge in [0.25, 0.3) is 0 Å². The van der Waals surface area contributed by atoms with E-state index in [-0.39, 0.29) is 59.6 Å².